The number of rotatable bonds is 5. The van der Waals surface area contributed by atoms with Crippen LogP contribution in [0.3, 0.4) is 0 Å². The molecule has 4 nitrogen and oxygen atoms in total. The van der Waals surface area contributed by atoms with Gasteiger partial charge in [0.25, 0.3) is 0 Å². The lowest BCUT2D eigenvalue weighted by Gasteiger charge is -2.42. The molecule has 1 heterocycles. The molecule has 6 heteroatoms. The molecule has 1 aliphatic heterocycles. The highest BCUT2D eigenvalue weighted by Crippen LogP contribution is 2.39. The fourth-order valence-corrected chi connectivity index (χ4v) is 4.17. The zero-order valence-corrected chi connectivity index (χ0v) is 19.3. The second-order valence-corrected chi connectivity index (χ2v) is 19.5. The molecule has 142 valence electrons. The molecule has 0 spiro atoms. The molecule has 0 aromatic rings. The van der Waals surface area contributed by atoms with Crippen LogP contribution in [0.5, 0.6) is 0 Å². The van der Waals surface area contributed by atoms with E-state index in [-0.39, 0.29) is 22.3 Å². The van der Waals surface area contributed by atoms with Crippen molar-refractivity contribution in [1.29, 1.82) is 0 Å². The molecule has 0 amide bonds. The first kappa shape index (κ1) is 21.9. The lowest BCUT2D eigenvalue weighted by Crippen LogP contribution is -2.52. The van der Waals surface area contributed by atoms with Crippen molar-refractivity contribution in [3.8, 4) is 0 Å². The zero-order valence-electron chi connectivity index (χ0n) is 17.3. The zero-order chi connectivity index (χ0) is 19.0. The Balaban J connectivity index is 2.74. The average Bonchev–Trinajstić information content (AvgIpc) is 2.37. The summed E-state index contributed by atoms with van der Waals surface area (Å²) in [7, 11) is -3.82. The third-order valence-corrected chi connectivity index (χ3v) is 14.9. The lowest BCUT2D eigenvalue weighted by molar-refractivity contribution is -0.0749. The molecule has 0 aliphatic carbocycles. The predicted molar refractivity (Wildman–Crippen MR) is 105 cm³/mol. The van der Waals surface area contributed by atoms with Gasteiger partial charge in [0.05, 0.1) is 19.0 Å². The summed E-state index contributed by atoms with van der Waals surface area (Å²) in [6, 6.07) is 0. The molecular formula is C18H38O4Si2. The van der Waals surface area contributed by atoms with E-state index in [1.165, 1.54) is 0 Å². The van der Waals surface area contributed by atoms with Crippen LogP contribution in [-0.4, -0.2) is 46.7 Å². The molecule has 24 heavy (non-hydrogen) atoms. The summed E-state index contributed by atoms with van der Waals surface area (Å²) in [4.78, 5) is 0. The van der Waals surface area contributed by atoms with E-state index < -0.39 is 22.7 Å². The first-order valence-electron chi connectivity index (χ1n) is 8.90. The van der Waals surface area contributed by atoms with Crippen LogP contribution in [0.2, 0.25) is 36.3 Å². The molecular weight excluding hydrogens is 336 g/mol. The minimum absolute atomic E-state index is 0.103. The number of ether oxygens (including phenoxy) is 1. The van der Waals surface area contributed by atoms with Crippen LogP contribution in [0.15, 0.2) is 12.3 Å². The average molecular weight is 375 g/mol. The van der Waals surface area contributed by atoms with Crippen LogP contribution in [0.1, 0.15) is 41.5 Å². The summed E-state index contributed by atoms with van der Waals surface area (Å²) in [6.07, 6.45) is 2.08. The summed E-state index contributed by atoms with van der Waals surface area (Å²) in [5.74, 6) is 0. The Labute approximate surface area is 150 Å². The fraction of sp³-hybridized carbons (Fsp3) is 0.889. The van der Waals surface area contributed by atoms with Crippen molar-refractivity contribution < 1.29 is 18.7 Å². The first-order chi connectivity index (χ1) is 10.6. The topological polar surface area (TPSA) is 47.9 Å². The molecule has 1 aliphatic rings. The summed E-state index contributed by atoms with van der Waals surface area (Å²) in [5.41, 5.74) is 0. The van der Waals surface area contributed by atoms with Crippen LogP contribution in [0.25, 0.3) is 0 Å². The highest BCUT2D eigenvalue weighted by atomic mass is 28.4. The summed E-state index contributed by atoms with van der Waals surface area (Å²) in [6.45, 7) is 22.4. The summed E-state index contributed by atoms with van der Waals surface area (Å²) >= 11 is 0. The molecule has 1 N–H and O–H groups in total. The van der Waals surface area contributed by atoms with Crippen molar-refractivity contribution in [2.75, 3.05) is 6.61 Å². The fourth-order valence-electron chi connectivity index (χ4n) is 1.90. The smallest absolute Gasteiger partial charge is 0.193 e. The van der Waals surface area contributed by atoms with Gasteiger partial charge in [0.2, 0.25) is 0 Å². The highest BCUT2D eigenvalue weighted by Gasteiger charge is 2.43. The van der Waals surface area contributed by atoms with E-state index >= 15 is 0 Å². The third-order valence-electron chi connectivity index (χ3n) is 5.89. The van der Waals surface area contributed by atoms with Crippen molar-refractivity contribution in [3.05, 3.63) is 12.3 Å². The quantitative estimate of drug-likeness (QED) is 0.710. The van der Waals surface area contributed by atoms with Gasteiger partial charge >= 0.3 is 0 Å². The normalized spacial score (nSPS) is 26.4. The largest absolute Gasteiger partial charge is 0.493 e. The minimum Gasteiger partial charge on any atom is -0.493 e. The van der Waals surface area contributed by atoms with E-state index in [1.807, 2.05) is 6.08 Å². The van der Waals surface area contributed by atoms with Gasteiger partial charge in [0, 0.05) is 0 Å². The van der Waals surface area contributed by atoms with E-state index in [0.29, 0.717) is 6.61 Å². The predicted octanol–water partition coefficient (Wildman–Crippen LogP) is 4.67. The molecule has 0 bridgehead atoms. The van der Waals surface area contributed by atoms with E-state index in [2.05, 4.69) is 67.7 Å². The number of hydrogen-bond donors (Lipinski definition) is 1. The van der Waals surface area contributed by atoms with Crippen LogP contribution in [0.4, 0.5) is 0 Å². The number of hydrogen-bond acceptors (Lipinski definition) is 4. The van der Waals surface area contributed by atoms with Crippen molar-refractivity contribution in [2.45, 2.75) is 96.1 Å². The van der Waals surface area contributed by atoms with Gasteiger partial charge < -0.3 is 18.7 Å². The van der Waals surface area contributed by atoms with Crippen molar-refractivity contribution in [3.63, 3.8) is 0 Å². The maximum Gasteiger partial charge on any atom is 0.193 e. The first-order valence-corrected chi connectivity index (χ1v) is 14.7. The summed E-state index contributed by atoms with van der Waals surface area (Å²) < 4.78 is 18.2. The Morgan fingerprint density at radius 2 is 1.46 bits per heavy atom. The Kier molecular flexibility index (Phi) is 6.60. The van der Waals surface area contributed by atoms with Crippen LogP contribution in [-0.2, 0) is 13.6 Å². The Morgan fingerprint density at radius 3 is 1.92 bits per heavy atom. The van der Waals surface area contributed by atoms with Gasteiger partial charge in [-0.1, -0.05) is 41.5 Å². The van der Waals surface area contributed by atoms with Gasteiger partial charge in [-0.25, -0.2) is 0 Å². The second kappa shape index (κ2) is 7.23. The maximum absolute atomic E-state index is 10.7. The molecule has 1 rings (SSSR count). The van der Waals surface area contributed by atoms with E-state index in [4.69, 9.17) is 13.6 Å². The van der Waals surface area contributed by atoms with Crippen molar-refractivity contribution in [2.24, 2.45) is 0 Å². The Hall–Kier alpha value is -0.146. The minimum atomic E-state index is -1.95. The van der Waals surface area contributed by atoms with Gasteiger partial charge in [-0.15, -0.1) is 0 Å². The molecule has 0 fully saturated rings. The van der Waals surface area contributed by atoms with E-state index in [1.54, 1.807) is 6.26 Å². The SMILES string of the molecule is CC(C)(C)[Si](C)(C)OC[C@H]1OC=C[C@@H](O[Si](C)(C)C(C)(C)C)[C@@H]1O. The maximum atomic E-state index is 10.7. The summed E-state index contributed by atoms with van der Waals surface area (Å²) in [5, 5.41) is 11.0. The molecule has 0 unspecified atom stereocenters. The highest BCUT2D eigenvalue weighted by molar-refractivity contribution is 6.74. The molecule has 0 radical (unpaired) electrons. The molecule has 0 saturated heterocycles. The lowest BCUT2D eigenvalue weighted by atomic mass is 10.1. The van der Waals surface area contributed by atoms with Gasteiger partial charge in [-0.05, 0) is 42.3 Å². The van der Waals surface area contributed by atoms with Crippen molar-refractivity contribution >= 4 is 16.6 Å². The van der Waals surface area contributed by atoms with Crippen LogP contribution < -0.4 is 0 Å². The third kappa shape index (κ3) is 5.18. The Bertz CT molecular complexity index is 447. The second-order valence-electron chi connectivity index (χ2n) is 9.91. The van der Waals surface area contributed by atoms with Gasteiger partial charge in [0.15, 0.2) is 16.6 Å². The van der Waals surface area contributed by atoms with Crippen LogP contribution >= 0.6 is 0 Å². The Morgan fingerprint density at radius 1 is 0.958 bits per heavy atom. The van der Waals surface area contributed by atoms with Gasteiger partial charge in [0.1, 0.15) is 12.2 Å². The van der Waals surface area contributed by atoms with Crippen LogP contribution in [0, 0.1) is 0 Å². The van der Waals surface area contributed by atoms with Gasteiger partial charge in [-0.2, -0.15) is 0 Å². The van der Waals surface area contributed by atoms with Crippen molar-refractivity contribution in [1.82, 2.24) is 0 Å². The monoisotopic (exact) mass is 374 g/mol. The van der Waals surface area contributed by atoms with Gasteiger partial charge in [-0.3, -0.25) is 0 Å². The number of aliphatic hydroxyl groups excluding tert-OH is 1. The standard InChI is InChI=1S/C18H38O4Si2/c1-17(2,3)23(7,8)21-13-15-16(19)14(11-12-20-15)22-24(9,10)18(4,5)6/h11-12,14-16,19H,13H2,1-10H3/t14-,15-,16+/m1/s1. The molecule has 0 aromatic heterocycles. The van der Waals surface area contributed by atoms with E-state index in [9.17, 15) is 5.11 Å². The molecule has 3 atom stereocenters. The molecule has 0 aromatic carbocycles. The number of aliphatic hydroxyl groups is 1. The molecule has 0 saturated carbocycles. The van der Waals surface area contributed by atoms with E-state index in [0.717, 1.165) is 0 Å².